The Labute approximate surface area is 110 Å². The van der Waals surface area contributed by atoms with Crippen LogP contribution in [0.25, 0.3) is 0 Å². The molecule has 0 aliphatic rings. The molecule has 5 heteroatoms. The summed E-state index contributed by atoms with van der Waals surface area (Å²) < 4.78 is 13.0. The van der Waals surface area contributed by atoms with Crippen LogP contribution in [0.3, 0.4) is 0 Å². The van der Waals surface area contributed by atoms with E-state index in [0.717, 1.165) is 6.42 Å². The highest BCUT2D eigenvalue weighted by Gasteiger charge is 2.15. The monoisotopic (exact) mass is 277 g/mol. The van der Waals surface area contributed by atoms with Crippen molar-refractivity contribution in [3.8, 4) is 0 Å². The van der Waals surface area contributed by atoms with E-state index < -0.39 is 5.82 Å². The molecule has 0 spiro atoms. The Morgan fingerprint density at radius 3 is 2.65 bits per heavy atom. The minimum absolute atomic E-state index is 0.0434. The molecule has 1 amide bonds. The number of alkyl halides is 1. The molecule has 1 rings (SSSR count). The Morgan fingerprint density at radius 2 is 2.12 bits per heavy atom. The van der Waals surface area contributed by atoms with Crippen LogP contribution in [0.2, 0.25) is 5.02 Å². The van der Waals surface area contributed by atoms with Gasteiger partial charge in [-0.15, -0.1) is 11.6 Å². The average Bonchev–Trinajstić information content (AvgIpc) is 2.31. The number of halogens is 3. The van der Waals surface area contributed by atoms with Gasteiger partial charge in [0.1, 0.15) is 5.82 Å². The highest BCUT2D eigenvalue weighted by atomic mass is 35.5. The van der Waals surface area contributed by atoms with Crippen molar-refractivity contribution in [3.63, 3.8) is 0 Å². The lowest BCUT2D eigenvalue weighted by Gasteiger charge is -2.21. The van der Waals surface area contributed by atoms with Gasteiger partial charge in [-0.3, -0.25) is 4.79 Å². The van der Waals surface area contributed by atoms with E-state index in [9.17, 15) is 9.18 Å². The summed E-state index contributed by atoms with van der Waals surface area (Å²) in [6.07, 6.45) is 0.845. The lowest BCUT2D eigenvalue weighted by atomic mass is 10.2. The van der Waals surface area contributed by atoms with E-state index in [-0.39, 0.29) is 10.9 Å². The van der Waals surface area contributed by atoms with Gasteiger partial charge in [-0.05, 0) is 24.6 Å². The smallest absolute Gasteiger partial charge is 0.253 e. The molecule has 94 valence electrons. The van der Waals surface area contributed by atoms with Crippen molar-refractivity contribution in [1.82, 2.24) is 4.90 Å². The first-order valence-electron chi connectivity index (χ1n) is 5.40. The van der Waals surface area contributed by atoms with Crippen LogP contribution < -0.4 is 0 Å². The molecule has 1 aromatic carbocycles. The summed E-state index contributed by atoms with van der Waals surface area (Å²) in [5, 5.41) is -0.0434. The van der Waals surface area contributed by atoms with Crippen molar-refractivity contribution >= 4 is 29.1 Å². The van der Waals surface area contributed by atoms with Gasteiger partial charge in [0.2, 0.25) is 0 Å². The highest BCUT2D eigenvalue weighted by Crippen LogP contribution is 2.17. The first kappa shape index (κ1) is 14.3. The van der Waals surface area contributed by atoms with Crippen LogP contribution in [0.4, 0.5) is 4.39 Å². The van der Waals surface area contributed by atoms with Crippen LogP contribution in [0, 0.1) is 5.82 Å². The van der Waals surface area contributed by atoms with Gasteiger partial charge < -0.3 is 4.90 Å². The molecule has 17 heavy (non-hydrogen) atoms. The summed E-state index contributed by atoms with van der Waals surface area (Å²) >= 11 is 11.3. The van der Waals surface area contributed by atoms with Crippen LogP contribution in [0.5, 0.6) is 0 Å². The number of hydrogen-bond acceptors (Lipinski definition) is 1. The third-order valence-electron chi connectivity index (χ3n) is 2.30. The Morgan fingerprint density at radius 1 is 1.41 bits per heavy atom. The van der Waals surface area contributed by atoms with Crippen LogP contribution in [0.15, 0.2) is 18.2 Å². The summed E-state index contributed by atoms with van der Waals surface area (Å²) in [6.45, 7) is 3.08. The summed E-state index contributed by atoms with van der Waals surface area (Å²) in [5.74, 6) is -0.322. The van der Waals surface area contributed by atoms with E-state index in [4.69, 9.17) is 23.2 Å². The third-order valence-corrected chi connectivity index (χ3v) is 2.76. The van der Waals surface area contributed by atoms with E-state index >= 15 is 0 Å². The lowest BCUT2D eigenvalue weighted by molar-refractivity contribution is 0.0765. The third kappa shape index (κ3) is 3.86. The maximum Gasteiger partial charge on any atom is 0.253 e. The van der Waals surface area contributed by atoms with Gasteiger partial charge in [-0.25, -0.2) is 4.39 Å². The number of amides is 1. The van der Waals surface area contributed by atoms with E-state index in [1.165, 1.54) is 18.2 Å². The van der Waals surface area contributed by atoms with Crippen molar-refractivity contribution in [2.45, 2.75) is 13.3 Å². The molecule has 2 nitrogen and oxygen atoms in total. The van der Waals surface area contributed by atoms with Gasteiger partial charge >= 0.3 is 0 Å². The molecule has 0 saturated carbocycles. The van der Waals surface area contributed by atoms with Crippen molar-refractivity contribution in [2.75, 3.05) is 19.0 Å². The molecular weight excluding hydrogens is 264 g/mol. The minimum Gasteiger partial charge on any atom is -0.337 e. The van der Waals surface area contributed by atoms with Gasteiger partial charge in [-0.2, -0.15) is 0 Å². The highest BCUT2D eigenvalue weighted by molar-refractivity contribution is 6.31. The number of benzene rings is 1. The van der Waals surface area contributed by atoms with E-state index in [1.54, 1.807) is 4.90 Å². The Bertz CT molecular complexity index is 392. The first-order chi connectivity index (χ1) is 8.10. The van der Waals surface area contributed by atoms with Gasteiger partial charge in [0.25, 0.3) is 5.91 Å². The fourth-order valence-electron chi connectivity index (χ4n) is 1.50. The zero-order valence-corrected chi connectivity index (χ0v) is 11.1. The number of carbonyl (C=O) groups excluding carboxylic acids is 1. The molecule has 0 saturated heterocycles. The minimum atomic E-state index is -0.525. The molecule has 0 atom stereocenters. The number of rotatable bonds is 5. The summed E-state index contributed by atoms with van der Waals surface area (Å²) in [5.41, 5.74) is 0.384. The summed E-state index contributed by atoms with van der Waals surface area (Å²) in [6, 6.07) is 3.97. The molecule has 0 unspecified atom stereocenters. The van der Waals surface area contributed by atoms with Gasteiger partial charge in [0.15, 0.2) is 0 Å². The number of nitrogens with zero attached hydrogens (tertiary/aromatic N) is 1. The summed E-state index contributed by atoms with van der Waals surface area (Å²) in [7, 11) is 0. The molecule has 0 aliphatic heterocycles. The Hall–Kier alpha value is -0.800. The maximum absolute atomic E-state index is 13.0. The summed E-state index contributed by atoms with van der Waals surface area (Å²) in [4.78, 5) is 13.7. The predicted molar refractivity (Wildman–Crippen MR) is 68.3 cm³/mol. The van der Waals surface area contributed by atoms with E-state index in [2.05, 4.69) is 0 Å². The topological polar surface area (TPSA) is 20.3 Å². The lowest BCUT2D eigenvalue weighted by Crippen LogP contribution is -2.33. The molecule has 1 aromatic rings. The number of carbonyl (C=O) groups is 1. The van der Waals surface area contributed by atoms with Crippen LogP contribution in [-0.2, 0) is 0 Å². The standard InChI is InChI=1S/C12H14Cl2FNO/c1-2-6-16(7-5-13)12(17)9-3-4-11(15)10(14)8-9/h3-4,8H,2,5-7H2,1H3. The molecule has 0 aliphatic carbocycles. The first-order valence-corrected chi connectivity index (χ1v) is 6.31. The molecule has 0 N–H and O–H groups in total. The van der Waals surface area contributed by atoms with Gasteiger partial charge in [0, 0.05) is 24.5 Å². The SMILES string of the molecule is CCCN(CCCl)C(=O)c1ccc(F)c(Cl)c1. The second kappa shape index (κ2) is 6.82. The van der Waals surface area contributed by atoms with Gasteiger partial charge in [-0.1, -0.05) is 18.5 Å². The van der Waals surface area contributed by atoms with Gasteiger partial charge in [0.05, 0.1) is 5.02 Å². The fraction of sp³-hybridized carbons (Fsp3) is 0.417. The quantitative estimate of drug-likeness (QED) is 0.754. The largest absolute Gasteiger partial charge is 0.337 e. The van der Waals surface area contributed by atoms with Crippen molar-refractivity contribution in [1.29, 1.82) is 0 Å². The van der Waals surface area contributed by atoms with Crippen molar-refractivity contribution in [3.05, 3.63) is 34.6 Å². The van der Waals surface area contributed by atoms with E-state index in [0.29, 0.717) is 24.5 Å². The molecule has 0 radical (unpaired) electrons. The Balaban J connectivity index is 2.88. The van der Waals surface area contributed by atoms with Crippen LogP contribution in [0.1, 0.15) is 23.7 Å². The second-order valence-corrected chi connectivity index (χ2v) is 4.40. The average molecular weight is 278 g/mol. The zero-order chi connectivity index (χ0) is 12.8. The molecule has 0 aromatic heterocycles. The second-order valence-electron chi connectivity index (χ2n) is 3.61. The molecule has 0 fully saturated rings. The van der Waals surface area contributed by atoms with Crippen LogP contribution in [-0.4, -0.2) is 29.8 Å². The van der Waals surface area contributed by atoms with Crippen molar-refractivity contribution < 1.29 is 9.18 Å². The molecule has 0 bridgehead atoms. The predicted octanol–water partition coefficient (Wildman–Crippen LogP) is 3.57. The number of hydrogen-bond donors (Lipinski definition) is 0. The van der Waals surface area contributed by atoms with E-state index in [1.807, 2.05) is 6.92 Å². The molecule has 0 heterocycles. The Kier molecular flexibility index (Phi) is 5.72. The maximum atomic E-state index is 13.0. The fourth-order valence-corrected chi connectivity index (χ4v) is 1.88. The van der Waals surface area contributed by atoms with Crippen molar-refractivity contribution in [2.24, 2.45) is 0 Å². The zero-order valence-electron chi connectivity index (χ0n) is 9.55. The van der Waals surface area contributed by atoms with Crippen LogP contribution >= 0.6 is 23.2 Å². The molecular formula is C12H14Cl2FNO. The normalized spacial score (nSPS) is 10.4.